The molecule has 7 heteroatoms. The molecule has 2 heterocycles. The van der Waals surface area contributed by atoms with Gasteiger partial charge in [-0.15, -0.1) is 11.3 Å². The molecule has 6 rings (SSSR count). The molecule has 1 fully saturated rings. The van der Waals surface area contributed by atoms with Crippen molar-refractivity contribution >= 4 is 28.3 Å². The SMILES string of the molecule is O=C(Nc1nc2c(s1)CCC2C(=O)N1CCN(C(c2ccccc2)c2ccccc2)CC1)c1ccccc1. The molecular formula is C31H30N4O2S. The molecule has 1 N–H and O–H groups in total. The number of nitrogens with one attached hydrogen (secondary N) is 1. The Kier molecular flexibility index (Phi) is 7.03. The summed E-state index contributed by atoms with van der Waals surface area (Å²) in [4.78, 5) is 36.5. The molecule has 1 aromatic heterocycles. The Bertz CT molecular complexity index is 1360. The molecule has 3 aromatic carbocycles. The van der Waals surface area contributed by atoms with Crippen molar-refractivity contribution < 1.29 is 9.59 Å². The number of carbonyl (C=O) groups is 2. The number of amides is 2. The van der Waals surface area contributed by atoms with E-state index in [1.54, 1.807) is 12.1 Å². The minimum Gasteiger partial charge on any atom is -0.340 e. The van der Waals surface area contributed by atoms with Gasteiger partial charge in [0.15, 0.2) is 5.13 Å². The van der Waals surface area contributed by atoms with E-state index in [1.165, 1.54) is 22.5 Å². The second kappa shape index (κ2) is 10.9. The maximum atomic E-state index is 13.6. The van der Waals surface area contributed by atoms with Gasteiger partial charge >= 0.3 is 0 Å². The highest BCUT2D eigenvalue weighted by atomic mass is 32.1. The maximum Gasteiger partial charge on any atom is 0.257 e. The van der Waals surface area contributed by atoms with Gasteiger partial charge in [0, 0.05) is 36.6 Å². The maximum absolute atomic E-state index is 13.6. The number of benzene rings is 3. The number of piperazine rings is 1. The molecule has 1 aliphatic carbocycles. The van der Waals surface area contributed by atoms with E-state index in [0.29, 0.717) is 23.8 Å². The Morgan fingerprint density at radius 3 is 2.00 bits per heavy atom. The normalized spacial score (nSPS) is 17.4. The summed E-state index contributed by atoms with van der Waals surface area (Å²) in [6, 6.07) is 30.5. The summed E-state index contributed by atoms with van der Waals surface area (Å²) in [7, 11) is 0. The molecule has 1 unspecified atom stereocenters. The summed E-state index contributed by atoms with van der Waals surface area (Å²) >= 11 is 1.49. The van der Waals surface area contributed by atoms with Crippen LogP contribution in [0.25, 0.3) is 0 Å². The number of carbonyl (C=O) groups excluding carboxylic acids is 2. The van der Waals surface area contributed by atoms with Crippen LogP contribution < -0.4 is 5.32 Å². The number of thiazole rings is 1. The zero-order valence-electron chi connectivity index (χ0n) is 21.1. The van der Waals surface area contributed by atoms with Gasteiger partial charge in [-0.05, 0) is 36.1 Å². The number of aromatic nitrogens is 1. The number of hydrogen-bond acceptors (Lipinski definition) is 5. The van der Waals surface area contributed by atoms with Crippen LogP contribution >= 0.6 is 11.3 Å². The predicted molar refractivity (Wildman–Crippen MR) is 150 cm³/mol. The highest BCUT2D eigenvalue weighted by Gasteiger charge is 2.37. The van der Waals surface area contributed by atoms with Crippen molar-refractivity contribution in [1.29, 1.82) is 0 Å². The molecule has 2 amide bonds. The van der Waals surface area contributed by atoms with Gasteiger partial charge in [-0.2, -0.15) is 0 Å². The molecule has 0 spiro atoms. The minimum absolute atomic E-state index is 0.158. The summed E-state index contributed by atoms with van der Waals surface area (Å²) in [5, 5.41) is 3.48. The Labute approximate surface area is 226 Å². The third-order valence-corrected chi connectivity index (χ3v) is 8.54. The van der Waals surface area contributed by atoms with E-state index >= 15 is 0 Å². The van der Waals surface area contributed by atoms with Crippen molar-refractivity contribution in [2.24, 2.45) is 0 Å². The zero-order chi connectivity index (χ0) is 25.9. The van der Waals surface area contributed by atoms with Crippen molar-refractivity contribution in [2.75, 3.05) is 31.5 Å². The molecule has 192 valence electrons. The number of nitrogens with zero attached hydrogens (tertiary/aromatic N) is 3. The van der Waals surface area contributed by atoms with Crippen LogP contribution in [0.15, 0.2) is 91.0 Å². The predicted octanol–water partition coefficient (Wildman–Crippen LogP) is 5.36. The first-order valence-corrected chi connectivity index (χ1v) is 14.0. The van der Waals surface area contributed by atoms with Crippen molar-refractivity contribution in [3.8, 4) is 0 Å². The first kappa shape index (κ1) is 24.5. The monoisotopic (exact) mass is 522 g/mol. The fourth-order valence-electron chi connectivity index (χ4n) is 5.59. The van der Waals surface area contributed by atoms with E-state index in [1.807, 2.05) is 23.1 Å². The lowest BCUT2D eigenvalue weighted by molar-refractivity contribution is -0.134. The second-order valence-corrected chi connectivity index (χ2v) is 10.9. The van der Waals surface area contributed by atoms with Crippen LogP contribution in [-0.2, 0) is 11.2 Å². The number of fused-ring (bicyclic) bond motifs is 1. The summed E-state index contributed by atoms with van der Waals surface area (Å²) < 4.78 is 0. The van der Waals surface area contributed by atoms with Crippen LogP contribution in [0.4, 0.5) is 5.13 Å². The van der Waals surface area contributed by atoms with Gasteiger partial charge in [0.2, 0.25) is 5.91 Å². The first-order valence-electron chi connectivity index (χ1n) is 13.2. The molecule has 0 saturated carbocycles. The molecule has 0 bridgehead atoms. The topological polar surface area (TPSA) is 65.5 Å². The highest BCUT2D eigenvalue weighted by molar-refractivity contribution is 7.16. The zero-order valence-corrected chi connectivity index (χ0v) is 21.9. The number of rotatable bonds is 6. The van der Waals surface area contributed by atoms with Crippen LogP contribution in [0.1, 0.15) is 50.4 Å². The van der Waals surface area contributed by atoms with Gasteiger partial charge in [-0.3, -0.25) is 19.8 Å². The van der Waals surface area contributed by atoms with Crippen molar-refractivity contribution in [3.63, 3.8) is 0 Å². The van der Waals surface area contributed by atoms with Crippen LogP contribution in [0.5, 0.6) is 0 Å². The molecule has 0 radical (unpaired) electrons. The van der Waals surface area contributed by atoms with E-state index in [2.05, 4.69) is 70.9 Å². The van der Waals surface area contributed by atoms with Gasteiger partial charge in [-0.1, -0.05) is 78.9 Å². The number of hydrogen-bond donors (Lipinski definition) is 1. The van der Waals surface area contributed by atoms with E-state index in [4.69, 9.17) is 4.98 Å². The van der Waals surface area contributed by atoms with E-state index in [0.717, 1.165) is 36.5 Å². The smallest absolute Gasteiger partial charge is 0.257 e. The average Bonchev–Trinajstić information content (AvgIpc) is 3.55. The Morgan fingerprint density at radius 2 is 1.39 bits per heavy atom. The lowest BCUT2D eigenvalue weighted by Gasteiger charge is -2.40. The number of aryl methyl sites for hydroxylation is 1. The largest absolute Gasteiger partial charge is 0.340 e. The van der Waals surface area contributed by atoms with Gasteiger partial charge < -0.3 is 4.90 Å². The van der Waals surface area contributed by atoms with Crippen LogP contribution in [-0.4, -0.2) is 52.8 Å². The third kappa shape index (κ3) is 4.99. The standard InChI is InChI=1S/C31H30N4O2S/c36-29(24-14-8-3-9-15-24)33-31-32-27-25(16-17-26(27)38-31)30(37)35-20-18-34(19-21-35)28(22-10-4-1-5-11-22)23-12-6-2-7-13-23/h1-15,25,28H,16-21H2,(H,32,33,36). The van der Waals surface area contributed by atoms with Gasteiger partial charge in [0.25, 0.3) is 5.91 Å². The molecular weight excluding hydrogens is 492 g/mol. The molecule has 2 aliphatic rings. The van der Waals surface area contributed by atoms with Crippen LogP contribution in [0.2, 0.25) is 0 Å². The summed E-state index contributed by atoms with van der Waals surface area (Å²) in [5.41, 5.74) is 3.98. The van der Waals surface area contributed by atoms with Crippen molar-refractivity contribution in [1.82, 2.24) is 14.8 Å². The fraction of sp³-hybridized carbons (Fsp3) is 0.258. The molecule has 1 saturated heterocycles. The van der Waals surface area contributed by atoms with Gasteiger partial charge in [0.05, 0.1) is 17.7 Å². The molecule has 4 aromatic rings. The van der Waals surface area contributed by atoms with Crippen molar-refractivity contribution in [3.05, 3.63) is 118 Å². The van der Waals surface area contributed by atoms with Crippen LogP contribution in [0.3, 0.4) is 0 Å². The second-order valence-electron chi connectivity index (χ2n) is 9.82. The molecule has 1 atom stereocenters. The molecule has 1 aliphatic heterocycles. The number of anilines is 1. The lowest BCUT2D eigenvalue weighted by Crippen LogP contribution is -2.50. The van der Waals surface area contributed by atoms with Gasteiger partial charge in [-0.25, -0.2) is 4.98 Å². The van der Waals surface area contributed by atoms with Crippen molar-refractivity contribution in [2.45, 2.75) is 24.8 Å². The summed E-state index contributed by atoms with van der Waals surface area (Å²) in [5.74, 6) is -0.247. The van der Waals surface area contributed by atoms with E-state index < -0.39 is 0 Å². The Hall–Kier alpha value is -3.81. The highest BCUT2D eigenvalue weighted by Crippen LogP contribution is 2.40. The van der Waals surface area contributed by atoms with Crippen LogP contribution in [0, 0.1) is 0 Å². The summed E-state index contributed by atoms with van der Waals surface area (Å²) in [6.45, 7) is 3.02. The lowest BCUT2D eigenvalue weighted by atomic mass is 9.96. The van der Waals surface area contributed by atoms with E-state index in [-0.39, 0.29) is 23.8 Å². The molecule has 6 nitrogen and oxygen atoms in total. The Morgan fingerprint density at radius 1 is 0.816 bits per heavy atom. The quantitative estimate of drug-likeness (QED) is 0.370. The minimum atomic E-state index is -0.228. The van der Waals surface area contributed by atoms with Gasteiger partial charge in [0.1, 0.15) is 0 Å². The Balaban J connectivity index is 1.12. The molecule has 38 heavy (non-hydrogen) atoms. The fourth-order valence-corrected chi connectivity index (χ4v) is 6.62. The first-order chi connectivity index (χ1) is 18.7. The third-order valence-electron chi connectivity index (χ3n) is 7.49. The average molecular weight is 523 g/mol. The summed E-state index contributed by atoms with van der Waals surface area (Å²) in [6.07, 6.45) is 1.62. The van der Waals surface area contributed by atoms with E-state index in [9.17, 15) is 9.59 Å².